The molecule has 1 aliphatic carbocycles. The lowest BCUT2D eigenvalue weighted by Crippen LogP contribution is -2.38. The van der Waals surface area contributed by atoms with Crippen LogP contribution in [0.1, 0.15) is 12.8 Å². The second-order valence-corrected chi connectivity index (χ2v) is 6.66. The van der Waals surface area contributed by atoms with Crippen molar-refractivity contribution in [3.05, 3.63) is 34.7 Å². The predicted octanol–water partition coefficient (Wildman–Crippen LogP) is 3.60. The monoisotopic (exact) mass is 350 g/mol. The summed E-state index contributed by atoms with van der Waals surface area (Å²) in [6.07, 6.45) is 1.06. The van der Waals surface area contributed by atoms with Crippen molar-refractivity contribution < 1.29 is 14.3 Å². The van der Waals surface area contributed by atoms with Gasteiger partial charge in [-0.2, -0.15) is 0 Å². The number of anilines is 1. The zero-order chi connectivity index (χ0) is 16.4. The van der Waals surface area contributed by atoms with E-state index in [0.29, 0.717) is 23.0 Å². The molecule has 1 aliphatic rings. The quantitative estimate of drug-likeness (QED) is 0.855. The second kappa shape index (κ2) is 6.68. The molecule has 1 saturated carbocycles. The van der Waals surface area contributed by atoms with Crippen molar-refractivity contribution in [2.45, 2.75) is 12.8 Å². The van der Waals surface area contributed by atoms with Gasteiger partial charge in [0.1, 0.15) is 0 Å². The highest BCUT2D eigenvalue weighted by Gasteiger charge is 2.39. The first-order chi connectivity index (χ1) is 11.1. The summed E-state index contributed by atoms with van der Waals surface area (Å²) in [5, 5.41) is 5.81. The third-order valence-corrected chi connectivity index (χ3v) is 5.01. The highest BCUT2D eigenvalue weighted by molar-refractivity contribution is 7.14. The minimum absolute atomic E-state index is 0.106. The molecule has 2 aromatic rings. The van der Waals surface area contributed by atoms with E-state index < -0.39 is 0 Å². The Kier molecular flexibility index (Phi) is 4.63. The Hall–Kier alpha value is -1.92. The number of aromatic nitrogens is 1. The average molecular weight is 351 g/mol. The molecule has 1 N–H and O–H groups in total. The Labute approximate surface area is 142 Å². The molecule has 0 saturated heterocycles. The van der Waals surface area contributed by atoms with Crippen LogP contribution in [-0.4, -0.2) is 24.0 Å². The first-order valence-corrected chi connectivity index (χ1v) is 8.43. The zero-order valence-electron chi connectivity index (χ0n) is 12.4. The summed E-state index contributed by atoms with van der Waals surface area (Å²) in [6.45, 7) is 0. The molecule has 0 aliphatic heterocycles. The van der Waals surface area contributed by atoms with Gasteiger partial charge in [-0.1, -0.05) is 29.8 Å². The van der Waals surface area contributed by atoms with Crippen LogP contribution in [-0.2, 0) is 14.3 Å². The molecule has 0 spiro atoms. The van der Waals surface area contributed by atoms with E-state index >= 15 is 0 Å². The van der Waals surface area contributed by atoms with E-state index in [4.69, 9.17) is 11.6 Å². The van der Waals surface area contributed by atoms with Gasteiger partial charge in [0.15, 0.2) is 5.13 Å². The number of carbonyl (C=O) groups is 2. The maximum atomic E-state index is 12.1. The largest absolute Gasteiger partial charge is 0.469 e. The minimum Gasteiger partial charge on any atom is -0.469 e. The van der Waals surface area contributed by atoms with E-state index in [9.17, 15) is 9.59 Å². The molecule has 1 aromatic heterocycles. The van der Waals surface area contributed by atoms with Crippen molar-refractivity contribution in [1.29, 1.82) is 0 Å². The van der Waals surface area contributed by atoms with E-state index in [1.165, 1.54) is 18.4 Å². The van der Waals surface area contributed by atoms with Gasteiger partial charge in [-0.25, -0.2) is 4.98 Å². The van der Waals surface area contributed by atoms with E-state index in [1.807, 2.05) is 23.6 Å². The Balaban J connectivity index is 1.61. The van der Waals surface area contributed by atoms with Crippen molar-refractivity contribution in [1.82, 2.24) is 4.98 Å². The SMILES string of the molecule is COC(=O)[C@H]1C[C@H](C(=O)Nc2nc(-c3ccccc3Cl)cs2)C1. The van der Waals surface area contributed by atoms with Crippen LogP contribution >= 0.6 is 22.9 Å². The molecule has 1 amide bonds. The number of ether oxygens (including phenoxy) is 1. The number of nitrogens with zero attached hydrogens (tertiary/aromatic N) is 1. The summed E-state index contributed by atoms with van der Waals surface area (Å²) in [6, 6.07) is 7.43. The number of amides is 1. The Morgan fingerprint density at radius 2 is 2.04 bits per heavy atom. The van der Waals surface area contributed by atoms with Crippen LogP contribution in [0, 0.1) is 11.8 Å². The number of esters is 1. The Morgan fingerprint density at radius 1 is 1.30 bits per heavy atom. The highest BCUT2D eigenvalue weighted by Crippen LogP contribution is 2.36. The highest BCUT2D eigenvalue weighted by atomic mass is 35.5. The molecule has 1 heterocycles. The Bertz CT molecular complexity index is 740. The van der Waals surface area contributed by atoms with Gasteiger partial charge >= 0.3 is 5.97 Å². The Morgan fingerprint density at radius 3 is 2.74 bits per heavy atom. The summed E-state index contributed by atoms with van der Waals surface area (Å²) in [7, 11) is 1.36. The number of hydrogen-bond donors (Lipinski definition) is 1. The van der Waals surface area contributed by atoms with Crippen molar-refractivity contribution in [3.63, 3.8) is 0 Å². The number of nitrogens with one attached hydrogen (secondary N) is 1. The molecule has 0 radical (unpaired) electrons. The first kappa shape index (κ1) is 16.0. The number of methoxy groups -OCH3 is 1. The fourth-order valence-corrected chi connectivity index (χ4v) is 3.47. The molecule has 1 fully saturated rings. The lowest BCUT2D eigenvalue weighted by Gasteiger charge is -2.31. The summed E-state index contributed by atoms with van der Waals surface area (Å²) in [5.74, 6) is -0.674. The summed E-state index contributed by atoms with van der Waals surface area (Å²) < 4.78 is 4.67. The van der Waals surface area contributed by atoms with Gasteiger partial charge in [0.05, 0.1) is 18.7 Å². The predicted molar refractivity (Wildman–Crippen MR) is 89.4 cm³/mol. The molecule has 5 nitrogen and oxygen atoms in total. The van der Waals surface area contributed by atoms with Crippen molar-refractivity contribution >= 4 is 39.9 Å². The molecular formula is C16H15ClN2O3S. The van der Waals surface area contributed by atoms with E-state index in [2.05, 4.69) is 15.0 Å². The van der Waals surface area contributed by atoms with E-state index in [0.717, 1.165) is 11.3 Å². The van der Waals surface area contributed by atoms with Gasteiger partial charge in [-0.15, -0.1) is 11.3 Å². The van der Waals surface area contributed by atoms with Gasteiger partial charge in [0, 0.05) is 21.9 Å². The summed E-state index contributed by atoms with van der Waals surface area (Å²) >= 11 is 7.50. The van der Waals surface area contributed by atoms with Crippen LogP contribution in [0.25, 0.3) is 11.3 Å². The smallest absolute Gasteiger partial charge is 0.308 e. The summed E-state index contributed by atoms with van der Waals surface area (Å²) in [5.41, 5.74) is 1.57. The third kappa shape index (κ3) is 3.38. The molecule has 0 unspecified atom stereocenters. The maximum Gasteiger partial charge on any atom is 0.308 e. The van der Waals surface area contributed by atoms with E-state index in [-0.39, 0.29) is 23.7 Å². The van der Waals surface area contributed by atoms with Gasteiger partial charge in [-0.3, -0.25) is 9.59 Å². The van der Waals surface area contributed by atoms with Crippen molar-refractivity contribution in [2.75, 3.05) is 12.4 Å². The molecule has 7 heteroatoms. The lowest BCUT2D eigenvalue weighted by atomic mass is 9.74. The van der Waals surface area contributed by atoms with Crippen LogP contribution in [0.15, 0.2) is 29.6 Å². The topological polar surface area (TPSA) is 68.3 Å². The van der Waals surface area contributed by atoms with Gasteiger partial charge in [-0.05, 0) is 18.9 Å². The van der Waals surface area contributed by atoms with Gasteiger partial charge in [0.25, 0.3) is 0 Å². The minimum atomic E-state index is -0.246. The maximum absolute atomic E-state index is 12.1. The number of thiazole rings is 1. The normalized spacial score (nSPS) is 19.7. The second-order valence-electron chi connectivity index (χ2n) is 5.40. The first-order valence-electron chi connectivity index (χ1n) is 7.17. The van der Waals surface area contributed by atoms with Crippen LogP contribution in [0.2, 0.25) is 5.02 Å². The molecule has 23 heavy (non-hydrogen) atoms. The van der Waals surface area contributed by atoms with Gasteiger partial charge < -0.3 is 10.1 Å². The van der Waals surface area contributed by atoms with Crippen LogP contribution in [0.3, 0.4) is 0 Å². The molecule has 0 atom stereocenters. The molecule has 1 aromatic carbocycles. The molecule has 120 valence electrons. The molecule has 3 rings (SSSR count). The van der Waals surface area contributed by atoms with Crippen molar-refractivity contribution in [2.24, 2.45) is 11.8 Å². The number of benzene rings is 1. The van der Waals surface area contributed by atoms with E-state index in [1.54, 1.807) is 6.07 Å². The molecule has 0 bridgehead atoms. The fraction of sp³-hybridized carbons (Fsp3) is 0.312. The zero-order valence-corrected chi connectivity index (χ0v) is 14.0. The lowest BCUT2D eigenvalue weighted by molar-refractivity contribution is -0.151. The average Bonchev–Trinajstić information content (AvgIpc) is 2.94. The number of rotatable bonds is 4. The third-order valence-electron chi connectivity index (χ3n) is 3.93. The van der Waals surface area contributed by atoms with Gasteiger partial charge in [0.2, 0.25) is 5.91 Å². The standard InChI is InChI=1S/C16H15ClN2O3S/c1-22-15(21)10-6-9(7-10)14(20)19-16-18-13(8-23-16)11-4-2-3-5-12(11)17/h2-5,8-10H,6-7H2,1H3,(H,18,19,20)/t9-,10-. The fourth-order valence-electron chi connectivity index (χ4n) is 2.52. The number of halogens is 1. The number of carbonyl (C=O) groups excluding carboxylic acids is 2. The van der Waals surface area contributed by atoms with Crippen molar-refractivity contribution in [3.8, 4) is 11.3 Å². The van der Waals surface area contributed by atoms with Crippen LogP contribution in [0.4, 0.5) is 5.13 Å². The summed E-state index contributed by atoms with van der Waals surface area (Å²) in [4.78, 5) is 27.9. The number of hydrogen-bond acceptors (Lipinski definition) is 5. The molecular weight excluding hydrogens is 336 g/mol. The van der Waals surface area contributed by atoms with Crippen LogP contribution < -0.4 is 5.32 Å². The van der Waals surface area contributed by atoms with Crippen LogP contribution in [0.5, 0.6) is 0 Å².